The number of ether oxygens (including phenoxy) is 1. The normalized spacial score (nSPS) is 11.4. The fourth-order valence-electron chi connectivity index (χ4n) is 1.99. The number of rotatable bonds is 7. The van der Waals surface area contributed by atoms with E-state index >= 15 is 0 Å². The van der Waals surface area contributed by atoms with E-state index in [0.717, 1.165) is 29.2 Å². The van der Waals surface area contributed by atoms with Gasteiger partial charge in [0, 0.05) is 0 Å². The number of benzene rings is 2. The lowest BCUT2D eigenvalue weighted by Gasteiger charge is -2.21. The van der Waals surface area contributed by atoms with Crippen molar-refractivity contribution < 1.29 is 9.16 Å². The maximum absolute atomic E-state index is 6.51. The summed E-state index contributed by atoms with van der Waals surface area (Å²) < 4.78 is 11.8. The van der Waals surface area contributed by atoms with Crippen molar-refractivity contribution in [2.24, 2.45) is 0 Å². The van der Waals surface area contributed by atoms with Gasteiger partial charge in [-0.3, -0.25) is 0 Å². The van der Waals surface area contributed by atoms with Gasteiger partial charge in [0.1, 0.15) is 11.5 Å². The molecule has 21 heavy (non-hydrogen) atoms. The van der Waals surface area contributed by atoms with E-state index in [1.165, 1.54) is 0 Å². The Kier molecular flexibility index (Phi) is 5.85. The van der Waals surface area contributed by atoms with Gasteiger partial charge in [-0.1, -0.05) is 44.2 Å². The maximum Gasteiger partial charge on any atom is 0.289 e. The van der Waals surface area contributed by atoms with Crippen LogP contribution in [-0.2, 0) is 11.0 Å². The van der Waals surface area contributed by atoms with Gasteiger partial charge >= 0.3 is 0 Å². The van der Waals surface area contributed by atoms with Crippen LogP contribution in [0.15, 0.2) is 54.6 Å². The number of hydrogen-bond acceptors (Lipinski definition) is 2. The van der Waals surface area contributed by atoms with Crippen molar-refractivity contribution in [3.8, 4) is 11.5 Å². The summed E-state index contributed by atoms with van der Waals surface area (Å²) in [5.74, 6) is 1.65. The molecule has 0 radical (unpaired) electrons. The molecular weight excluding hydrogens is 300 g/mol. The zero-order valence-electron chi connectivity index (χ0n) is 12.5. The molecule has 4 heteroatoms. The van der Waals surface area contributed by atoms with Gasteiger partial charge < -0.3 is 9.16 Å². The van der Waals surface area contributed by atoms with Crippen molar-refractivity contribution in [1.29, 1.82) is 0 Å². The van der Waals surface area contributed by atoms with E-state index in [4.69, 9.17) is 20.2 Å². The van der Waals surface area contributed by atoms with Crippen LogP contribution in [0.2, 0.25) is 12.1 Å². The first kappa shape index (κ1) is 16.1. The molecule has 0 N–H and O–H groups in total. The average Bonchev–Trinajstić information content (AvgIpc) is 2.54. The van der Waals surface area contributed by atoms with E-state index in [9.17, 15) is 0 Å². The minimum absolute atomic E-state index is 0.545. The summed E-state index contributed by atoms with van der Waals surface area (Å²) in [4.78, 5) is 0. The molecule has 0 saturated carbocycles. The van der Waals surface area contributed by atoms with Crippen LogP contribution in [0.1, 0.15) is 19.4 Å². The molecule has 2 nitrogen and oxygen atoms in total. The Balaban J connectivity index is 2.01. The van der Waals surface area contributed by atoms with Crippen molar-refractivity contribution in [1.82, 2.24) is 0 Å². The van der Waals surface area contributed by atoms with Gasteiger partial charge in [0.2, 0.25) is 0 Å². The minimum atomic E-state index is -2.04. The molecule has 0 amide bonds. The number of hydrogen-bond donors (Lipinski definition) is 0. The highest BCUT2D eigenvalue weighted by Gasteiger charge is 2.28. The molecule has 0 heterocycles. The Morgan fingerprint density at radius 2 is 1.57 bits per heavy atom. The largest absolute Gasteiger partial charge is 0.457 e. The smallest absolute Gasteiger partial charge is 0.289 e. The van der Waals surface area contributed by atoms with Gasteiger partial charge in [0.15, 0.2) is 0 Å². The first-order chi connectivity index (χ1) is 10.1. The standard InChI is InChI=1S/C17H21ClO2Si/c1-3-21(18,4-2)19-14-15-9-8-12-17(13-15)20-16-10-6-5-7-11-16/h5-13H,3-4,14H2,1-2H3. The van der Waals surface area contributed by atoms with Crippen LogP contribution in [-0.4, -0.2) is 7.63 Å². The van der Waals surface area contributed by atoms with Crippen molar-refractivity contribution in [2.45, 2.75) is 32.5 Å². The predicted octanol–water partition coefficient (Wildman–Crippen LogP) is 5.72. The maximum atomic E-state index is 6.51. The van der Waals surface area contributed by atoms with E-state index in [-0.39, 0.29) is 0 Å². The molecule has 0 aliphatic carbocycles. The van der Waals surface area contributed by atoms with Crippen LogP contribution in [0.4, 0.5) is 0 Å². The second-order valence-electron chi connectivity index (χ2n) is 4.94. The number of halogens is 1. The number of para-hydroxylation sites is 1. The summed E-state index contributed by atoms with van der Waals surface area (Å²) in [6, 6.07) is 19.6. The topological polar surface area (TPSA) is 18.5 Å². The van der Waals surface area contributed by atoms with E-state index in [0.29, 0.717) is 6.61 Å². The van der Waals surface area contributed by atoms with Gasteiger partial charge in [-0.25, -0.2) is 0 Å². The summed E-state index contributed by atoms with van der Waals surface area (Å²) in [5, 5.41) is 0. The molecule has 0 aromatic heterocycles. The Hall–Kier alpha value is -1.29. The zero-order valence-corrected chi connectivity index (χ0v) is 14.3. The summed E-state index contributed by atoms with van der Waals surface area (Å²) in [7, 11) is -2.04. The van der Waals surface area contributed by atoms with Gasteiger partial charge in [-0.05, 0) is 41.9 Å². The quantitative estimate of drug-likeness (QED) is 0.480. The lowest BCUT2D eigenvalue weighted by atomic mass is 10.2. The van der Waals surface area contributed by atoms with Crippen LogP contribution < -0.4 is 4.74 Å². The van der Waals surface area contributed by atoms with Crippen LogP contribution in [0.3, 0.4) is 0 Å². The predicted molar refractivity (Wildman–Crippen MR) is 90.3 cm³/mol. The molecule has 0 aliphatic heterocycles. The second-order valence-corrected chi connectivity index (χ2v) is 10.5. The average molecular weight is 321 g/mol. The lowest BCUT2D eigenvalue weighted by Crippen LogP contribution is -2.29. The molecule has 2 rings (SSSR count). The SMILES string of the molecule is CC[Si](Cl)(CC)OCc1cccc(Oc2ccccc2)c1. The van der Waals surface area contributed by atoms with Crippen molar-refractivity contribution in [2.75, 3.05) is 0 Å². The summed E-state index contributed by atoms with van der Waals surface area (Å²) in [6.45, 7) is 4.73. The third kappa shape index (κ3) is 4.88. The van der Waals surface area contributed by atoms with Crippen LogP contribution in [0.25, 0.3) is 0 Å². The van der Waals surface area contributed by atoms with Gasteiger partial charge in [-0.15, -0.1) is 11.1 Å². The molecule has 0 fully saturated rings. The van der Waals surface area contributed by atoms with Crippen LogP contribution in [0, 0.1) is 0 Å². The molecule has 0 unspecified atom stereocenters. The van der Waals surface area contributed by atoms with Crippen molar-refractivity contribution in [3.63, 3.8) is 0 Å². The molecule has 0 atom stereocenters. The fraction of sp³-hybridized carbons (Fsp3) is 0.294. The highest BCUT2D eigenvalue weighted by Crippen LogP contribution is 2.25. The summed E-state index contributed by atoms with van der Waals surface area (Å²) >= 11 is 6.51. The second kappa shape index (κ2) is 7.64. The molecule has 112 valence electrons. The third-order valence-electron chi connectivity index (χ3n) is 3.43. The highest BCUT2D eigenvalue weighted by atomic mass is 35.6. The van der Waals surface area contributed by atoms with Crippen LogP contribution >= 0.6 is 11.1 Å². The van der Waals surface area contributed by atoms with E-state index in [1.807, 2.05) is 54.6 Å². The van der Waals surface area contributed by atoms with E-state index in [1.54, 1.807) is 0 Å². The Morgan fingerprint density at radius 3 is 2.24 bits per heavy atom. The molecule has 0 spiro atoms. The Bertz CT molecular complexity index is 556. The Labute approximate surface area is 132 Å². The van der Waals surface area contributed by atoms with Crippen molar-refractivity contribution in [3.05, 3.63) is 60.2 Å². The van der Waals surface area contributed by atoms with Crippen LogP contribution in [0.5, 0.6) is 11.5 Å². The third-order valence-corrected chi connectivity index (χ3v) is 8.14. The van der Waals surface area contributed by atoms with Gasteiger partial charge in [0.05, 0.1) is 6.61 Å². The molecule has 0 bridgehead atoms. The highest BCUT2D eigenvalue weighted by molar-refractivity contribution is 7.16. The fourth-order valence-corrected chi connectivity index (χ4v) is 3.49. The molecule has 0 saturated heterocycles. The summed E-state index contributed by atoms with van der Waals surface area (Å²) in [6.07, 6.45) is 0. The van der Waals surface area contributed by atoms with Gasteiger partial charge in [0.25, 0.3) is 7.63 Å². The lowest BCUT2D eigenvalue weighted by molar-refractivity contribution is 0.300. The van der Waals surface area contributed by atoms with Gasteiger partial charge in [-0.2, -0.15) is 0 Å². The molecule has 2 aromatic rings. The molecule has 2 aromatic carbocycles. The molecule has 0 aliphatic rings. The van der Waals surface area contributed by atoms with E-state index in [2.05, 4.69) is 13.8 Å². The van der Waals surface area contributed by atoms with Crippen molar-refractivity contribution >= 4 is 18.7 Å². The zero-order chi connectivity index (χ0) is 15.1. The minimum Gasteiger partial charge on any atom is -0.457 e. The first-order valence-corrected chi connectivity index (χ1v) is 10.6. The van der Waals surface area contributed by atoms with E-state index < -0.39 is 7.63 Å². The summed E-state index contributed by atoms with van der Waals surface area (Å²) in [5.41, 5.74) is 1.09. The molecular formula is C17H21ClO2Si. The Morgan fingerprint density at radius 1 is 0.905 bits per heavy atom. The first-order valence-electron chi connectivity index (χ1n) is 7.30. The monoisotopic (exact) mass is 320 g/mol.